The topological polar surface area (TPSA) is 86.8 Å². The van der Waals surface area contributed by atoms with Gasteiger partial charge in [-0.05, 0) is 66.9 Å². The second kappa shape index (κ2) is 13.1. The van der Waals surface area contributed by atoms with Gasteiger partial charge in [0.1, 0.15) is 24.2 Å². The number of hydrogen-bond acceptors (Lipinski definition) is 4. The molecule has 7 nitrogen and oxygen atoms in total. The molecule has 3 rings (SSSR count). The molecule has 0 spiro atoms. The molecule has 0 radical (unpaired) electrons. The minimum Gasteiger partial charge on any atom is -0.354 e. The smallest absolute Gasteiger partial charge is 0.264 e. The maximum atomic E-state index is 13.8. The standard InChI is InChI=1S/C28H31F2N3O4S/c1-3-18-31-28(35)26(4-2)32(19-21-10-12-22(29)13-11-21)27(34)20-33(24-8-6-5-7-9-24)38(36,37)25-16-14-23(30)15-17-25/h5-17,26H,3-4,18-20H2,1-2H3,(H,31,35)/t26-/m1/s1. The lowest BCUT2D eigenvalue weighted by atomic mass is 10.1. The Morgan fingerprint density at radius 3 is 2.00 bits per heavy atom. The predicted octanol–water partition coefficient (Wildman–Crippen LogP) is 4.49. The lowest BCUT2D eigenvalue weighted by molar-refractivity contribution is -0.140. The van der Waals surface area contributed by atoms with Crippen molar-refractivity contribution < 1.29 is 26.8 Å². The molecule has 0 aliphatic rings. The van der Waals surface area contributed by atoms with Crippen molar-refractivity contribution >= 4 is 27.5 Å². The third-order valence-electron chi connectivity index (χ3n) is 5.93. The van der Waals surface area contributed by atoms with Crippen LogP contribution in [0.3, 0.4) is 0 Å². The normalized spacial score (nSPS) is 12.0. The van der Waals surface area contributed by atoms with Crippen LogP contribution in [0.25, 0.3) is 0 Å². The zero-order valence-corrected chi connectivity index (χ0v) is 22.1. The van der Waals surface area contributed by atoms with Crippen molar-refractivity contribution in [1.82, 2.24) is 10.2 Å². The summed E-state index contributed by atoms with van der Waals surface area (Å²) in [5.74, 6) is -2.03. The molecule has 0 aliphatic carbocycles. The van der Waals surface area contributed by atoms with Crippen LogP contribution in [-0.4, -0.2) is 44.3 Å². The first-order valence-electron chi connectivity index (χ1n) is 12.3. The maximum Gasteiger partial charge on any atom is 0.264 e. The number of nitrogens with one attached hydrogen (secondary N) is 1. The molecule has 3 aromatic rings. The number of carbonyl (C=O) groups is 2. The van der Waals surface area contributed by atoms with Gasteiger partial charge in [-0.3, -0.25) is 13.9 Å². The van der Waals surface area contributed by atoms with Gasteiger partial charge in [-0.25, -0.2) is 17.2 Å². The number of rotatable bonds is 12. The predicted molar refractivity (Wildman–Crippen MR) is 142 cm³/mol. The number of hydrogen-bond donors (Lipinski definition) is 1. The van der Waals surface area contributed by atoms with Gasteiger partial charge in [0.2, 0.25) is 11.8 Å². The van der Waals surface area contributed by atoms with Gasteiger partial charge in [0, 0.05) is 13.1 Å². The minimum atomic E-state index is -4.28. The van der Waals surface area contributed by atoms with Gasteiger partial charge in [-0.2, -0.15) is 0 Å². The molecule has 0 bridgehead atoms. The van der Waals surface area contributed by atoms with Gasteiger partial charge in [0.15, 0.2) is 0 Å². The van der Waals surface area contributed by atoms with Crippen molar-refractivity contribution in [3.8, 4) is 0 Å². The molecule has 0 heterocycles. The summed E-state index contributed by atoms with van der Waals surface area (Å²) in [4.78, 5) is 27.9. The number of nitrogens with zero attached hydrogens (tertiary/aromatic N) is 2. The maximum absolute atomic E-state index is 13.8. The number of para-hydroxylation sites is 1. The first kappa shape index (κ1) is 28.8. The average Bonchev–Trinajstić information content (AvgIpc) is 2.92. The van der Waals surface area contributed by atoms with Gasteiger partial charge >= 0.3 is 0 Å². The molecule has 0 saturated heterocycles. The quantitative estimate of drug-likeness (QED) is 0.365. The van der Waals surface area contributed by atoms with Crippen LogP contribution in [0.1, 0.15) is 32.3 Å². The fraction of sp³-hybridized carbons (Fsp3) is 0.286. The van der Waals surface area contributed by atoms with Crippen molar-refractivity contribution in [2.24, 2.45) is 0 Å². The molecule has 0 unspecified atom stereocenters. The van der Waals surface area contributed by atoms with E-state index < -0.39 is 40.2 Å². The van der Waals surface area contributed by atoms with Crippen LogP contribution >= 0.6 is 0 Å². The third kappa shape index (κ3) is 7.16. The summed E-state index contributed by atoms with van der Waals surface area (Å²) in [5, 5.41) is 2.80. The summed E-state index contributed by atoms with van der Waals surface area (Å²) in [6.45, 7) is 3.44. The Morgan fingerprint density at radius 1 is 0.868 bits per heavy atom. The van der Waals surface area contributed by atoms with E-state index in [1.54, 1.807) is 37.3 Å². The lowest BCUT2D eigenvalue weighted by Gasteiger charge is -2.33. The minimum absolute atomic E-state index is 0.0314. The monoisotopic (exact) mass is 543 g/mol. The van der Waals surface area contributed by atoms with Crippen molar-refractivity contribution in [2.75, 3.05) is 17.4 Å². The Kier molecular flexibility index (Phi) is 9.95. The van der Waals surface area contributed by atoms with E-state index in [1.165, 1.54) is 29.2 Å². The van der Waals surface area contributed by atoms with E-state index in [1.807, 2.05) is 6.92 Å². The summed E-state index contributed by atoms with van der Waals surface area (Å²) in [6, 6.07) is 17.0. The highest BCUT2D eigenvalue weighted by atomic mass is 32.2. The highest BCUT2D eigenvalue weighted by Gasteiger charge is 2.33. The fourth-order valence-corrected chi connectivity index (χ4v) is 5.34. The molecule has 38 heavy (non-hydrogen) atoms. The summed E-state index contributed by atoms with van der Waals surface area (Å²) in [7, 11) is -4.28. The molecule has 1 N–H and O–H groups in total. The lowest BCUT2D eigenvalue weighted by Crippen LogP contribution is -2.52. The Bertz CT molecular complexity index is 1320. The third-order valence-corrected chi connectivity index (χ3v) is 7.71. The summed E-state index contributed by atoms with van der Waals surface area (Å²) in [6.07, 6.45) is 0.977. The zero-order valence-electron chi connectivity index (χ0n) is 21.3. The average molecular weight is 544 g/mol. The van der Waals surface area contributed by atoms with Crippen molar-refractivity contribution in [3.05, 3.63) is 96.1 Å². The molecule has 2 amide bonds. The Labute approximate surface area is 222 Å². The number of sulfonamides is 1. The molecule has 0 aromatic heterocycles. The van der Waals surface area contributed by atoms with E-state index in [0.29, 0.717) is 18.5 Å². The molecule has 202 valence electrons. The molecular weight excluding hydrogens is 512 g/mol. The summed E-state index contributed by atoms with van der Waals surface area (Å²) >= 11 is 0. The molecule has 0 aliphatic heterocycles. The van der Waals surface area contributed by atoms with E-state index in [9.17, 15) is 26.8 Å². The van der Waals surface area contributed by atoms with Crippen LogP contribution < -0.4 is 9.62 Å². The largest absolute Gasteiger partial charge is 0.354 e. The van der Waals surface area contributed by atoms with Crippen LogP contribution in [0.5, 0.6) is 0 Å². The van der Waals surface area contributed by atoms with Crippen LogP contribution in [0, 0.1) is 11.6 Å². The van der Waals surface area contributed by atoms with E-state index >= 15 is 0 Å². The highest BCUT2D eigenvalue weighted by molar-refractivity contribution is 7.92. The second-order valence-corrected chi connectivity index (χ2v) is 10.5. The molecule has 0 saturated carbocycles. The summed E-state index contributed by atoms with van der Waals surface area (Å²) < 4.78 is 55.2. The zero-order chi connectivity index (χ0) is 27.7. The fourth-order valence-electron chi connectivity index (χ4n) is 3.93. The number of carbonyl (C=O) groups excluding carboxylic acids is 2. The van der Waals surface area contributed by atoms with Gasteiger partial charge in [-0.1, -0.05) is 44.2 Å². The van der Waals surface area contributed by atoms with Gasteiger partial charge in [0.25, 0.3) is 10.0 Å². The summed E-state index contributed by atoms with van der Waals surface area (Å²) in [5.41, 5.74) is 0.810. The molecule has 1 atom stereocenters. The number of amides is 2. The first-order valence-corrected chi connectivity index (χ1v) is 13.8. The first-order chi connectivity index (χ1) is 18.2. The van der Waals surface area contributed by atoms with Crippen LogP contribution in [0.2, 0.25) is 0 Å². The second-order valence-electron chi connectivity index (χ2n) is 8.66. The van der Waals surface area contributed by atoms with Crippen molar-refractivity contribution in [1.29, 1.82) is 0 Å². The van der Waals surface area contributed by atoms with E-state index in [2.05, 4.69) is 5.32 Å². The molecule has 0 fully saturated rings. The van der Waals surface area contributed by atoms with E-state index in [4.69, 9.17) is 0 Å². The van der Waals surface area contributed by atoms with Gasteiger partial charge < -0.3 is 10.2 Å². The van der Waals surface area contributed by atoms with Crippen molar-refractivity contribution in [2.45, 2.75) is 44.2 Å². The van der Waals surface area contributed by atoms with Gasteiger partial charge in [0.05, 0.1) is 10.6 Å². The Hall–Kier alpha value is -3.79. The van der Waals surface area contributed by atoms with Crippen LogP contribution in [0.15, 0.2) is 83.8 Å². The van der Waals surface area contributed by atoms with Gasteiger partial charge in [-0.15, -0.1) is 0 Å². The molecule has 10 heteroatoms. The molecule has 3 aromatic carbocycles. The Balaban J connectivity index is 2.01. The number of halogens is 2. The van der Waals surface area contributed by atoms with E-state index in [-0.39, 0.29) is 29.5 Å². The number of benzene rings is 3. The highest BCUT2D eigenvalue weighted by Crippen LogP contribution is 2.25. The van der Waals surface area contributed by atoms with Crippen LogP contribution in [0.4, 0.5) is 14.5 Å². The Morgan fingerprint density at radius 2 is 1.45 bits per heavy atom. The van der Waals surface area contributed by atoms with E-state index in [0.717, 1.165) is 28.6 Å². The molecular formula is C28H31F2N3O4S. The van der Waals surface area contributed by atoms with Crippen molar-refractivity contribution in [3.63, 3.8) is 0 Å². The van der Waals surface area contributed by atoms with Crippen LogP contribution in [-0.2, 0) is 26.2 Å². The number of anilines is 1. The SMILES string of the molecule is CCCNC(=O)[C@@H](CC)N(Cc1ccc(F)cc1)C(=O)CN(c1ccccc1)S(=O)(=O)c1ccc(F)cc1.